The molecule has 1 aliphatic heterocycles. The van der Waals surface area contributed by atoms with Gasteiger partial charge in [0.15, 0.2) is 0 Å². The maximum Gasteiger partial charge on any atom is 0.253 e. The highest BCUT2D eigenvalue weighted by Gasteiger charge is 2.21. The zero-order valence-corrected chi connectivity index (χ0v) is 20.9. The predicted octanol–water partition coefficient (Wildman–Crippen LogP) is 3.53. The molecule has 184 valence electrons. The number of carbonyl (C=O) groups excluding carboxylic acids is 2. The average Bonchev–Trinajstić information content (AvgIpc) is 3.12. The van der Waals surface area contributed by atoms with Gasteiger partial charge in [0.1, 0.15) is 5.82 Å². The van der Waals surface area contributed by atoms with E-state index in [0.29, 0.717) is 11.1 Å². The van der Waals surface area contributed by atoms with Gasteiger partial charge in [-0.25, -0.2) is 9.07 Å². The standard InChI is InChI=1S/C26H29ClFN5O2/c1-17-23(15-25(34)29-16-20-4-7-21(28)14-24(20)27)18(2)33(30-17)22-8-5-19(6-9-22)26(35)32-12-10-31(3)11-13-32/h4-9,14H,10-13,15-16H2,1-3H3,(H,29,34). The number of halogens is 2. The van der Waals surface area contributed by atoms with E-state index in [1.165, 1.54) is 12.1 Å². The number of benzene rings is 2. The van der Waals surface area contributed by atoms with Crippen molar-refractivity contribution >= 4 is 23.4 Å². The van der Waals surface area contributed by atoms with Crippen molar-refractivity contribution in [2.24, 2.45) is 0 Å². The molecule has 0 aliphatic carbocycles. The fourth-order valence-corrected chi connectivity index (χ4v) is 4.44. The summed E-state index contributed by atoms with van der Waals surface area (Å²) in [6.07, 6.45) is 0.163. The van der Waals surface area contributed by atoms with Crippen LogP contribution in [0.3, 0.4) is 0 Å². The van der Waals surface area contributed by atoms with Crippen LogP contribution in [0.4, 0.5) is 4.39 Å². The predicted molar refractivity (Wildman–Crippen MR) is 133 cm³/mol. The number of hydrogen-bond acceptors (Lipinski definition) is 4. The monoisotopic (exact) mass is 497 g/mol. The summed E-state index contributed by atoms with van der Waals surface area (Å²) in [7, 11) is 2.06. The fourth-order valence-electron chi connectivity index (χ4n) is 4.20. The Morgan fingerprint density at radius 2 is 1.74 bits per heavy atom. The van der Waals surface area contributed by atoms with Gasteiger partial charge in [0.05, 0.1) is 17.8 Å². The summed E-state index contributed by atoms with van der Waals surface area (Å²) < 4.78 is 15.0. The lowest BCUT2D eigenvalue weighted by Gasteiger charge is -2.32. The maximum atomic E-state index is 13.2. The van der Waals surface area contributed by atoms with Crippen molar-refractivity contribution in [2.75, 3.05) is 33.2 Å². The number of piperazine rings is 1. The molecule has 35 heavy (non-hydrogen) atoms. The fraction of sp³-hybridized carbons (Fsp3) is 0.346. The van der Waals surface area contributed by atoms with Gasteiger partial charge < -0.3 is 15.1 Å². The van der Waals surface area contributed by atoms with Crippen molar-refractivity contribution in [2.45, 2.75) is 26.8 Å². The van der Waals surface area contributed by atoms with Crippen LogP contribution in [0, 0.1) is 19.7 Å². The number of aromatic nitrogens is 2. The van der Waals surface area contributed by atoms with Crippen molar-refractivity contribution in [3.05, 3.63) is 81.4 Å². The SMILES string of the molecule is Cc1nn(-c2ccc(C(=O)N3CCN(C)CC3)cc2)c(C)c1CC(=O)NCc1ccc(F)cc1Cl. The zero-order valence-electron chi connectivity index (χ0n) is 20.1. The molecule has 7 nitrogen and oxygen atoms in total. The number of aryl methyl sites for hydroxylation is 1. The largest absolute Gasteiger partial charge is 0.352 e. The second kappa shape index (κ2) is 10.6. The summed E-state index contributed by atoms with van der Waals surface area (Å²) in [4.78, 5) is 29.5. The first-order valence-corrected chi connectivity index (χ1v) is 11.9. The number of hydrogen-bond donors (Lipinski definition) is 1. The van der Waals surface area contributed by atoms with Gasteiger partial charge in [0.2, 0.25) is 5.91 Å². The van der Waals surface area contributed by atoms with E-state index in [4.69, 9.17) is 11.6 Å². The summed E-state index contributed by atoms with van der Waals surface area (Å²) in [5.41, 5.74) is 4.58. The third-order valence-corrected chi connectivity index (χ3v) is 6.77. The van der Waals surface area contributed by atoms with E-state index in [9.17, 15) is 14.0 Å². The van der Waals surface area contributed by atoms with Crippen LogP contribution in [0.2, 0.25) is 5.02 Å². The van der Waals surface area contributed by atoms with E-state index in [0.717, 1.165) is 48.8 Å². The lowest BCUT2D eigenvalue weighted by Crippen LogP contribution is -2.47. The van der Waals surface area contributed by atoms with Gasteiger partial charge in [0.25, 0.3) is 5.91 Å². The molecule has 9 heteroatoms. The zero-order chi connectivity index (χ0) is 25.1. The van der Waals surface area contributed by atoms with Gasteiger partial charge in [-0.05, 0) is 62.9 Å². The molecule has 1 saturated heterocycles. The molecule has 2 aromatic carbocycles. The molecule has 2 heterocycles. The van der Waals surface area contributed by atoms with Crippen LogP contribution in [0.5, 0.6) is 0 Å². The first-order valence-electron chi connectivity index (χ1n) is 11.6. The molecule has 2 amide bonds. The van der Waals surface area contributed by atoms with Gasteiger partial charge in [-0.15, -0.1) is 0 Å². The molecular weight excluding hydrogens is 469 g/mol. The lowest BCUT2D eigenvalue weighted by atomic mass is 10.1. The Kier molecular flexibility index (Phi) is 7.52. The Morgan fingerprint density at radius 3 is 2.40 bits per heavy atom. The first kappa shape index (κ1) is 24.9. The van der Waals surface area contributed by atoms with Gasteiger partial charge in [-0.1, -0.05) is 17.7 Å². The molecule has 1 fully saturated rings. The summed E-state index contributed by atoms with van der Waals surface area (Å²) in [5.74, 6) is -0.554. The Labute approximate surface area is 209 Å². The molecule has 1 N–H and O–H groups in total. The number of rotatable bonds is 6. The van der Waals surface area contributed by atoms with E-state index in [2.05, 4.69) is 22.4 Å². The van der Waals surface area contributed by atoms with Crippen molar-refractivity contribution in [3.8, 4) is 5.69 Å². The molecule has 0 radical (unpaired) electrons. The van der Waals surface area contributed by atoms with Gasteiger partial charge >= 0.3 is 0 Å². The summed E-state index contributed by atoms with van der Waals surface area (Å²) in [5, 5.41) is 7.74. The molecule has 0 spiro atoms. The highest BCUT2D eigenvalue weighted by molar-refractivity contribution is 6.31. The Morgan fingerprint density at radius 1 is 1.06 bits per heavy atom. The minimum atomic E-state index is -0.416. The second-order valence-corrected chi connectivity index (χ2v) is 9.30. The van der Waals surface area contributed by atoms with Crippen LogP contribution in [0.25, 0.3) is 5.69 Å². The van der Waals surface area contributed by atoms with Crippen LogP contribution in [-0.2, 0) is 17.8 Å². The topological polar surface area (TPSA) is 70.5 Å². The highest BCUT2D eigenvalue weighted by Crippen LogP contribution is 2.21. The Bertz CT molecular complexity index is 1230. The number of amides is 2. The van der Waals surface area contributed by atoms with Crippen molar-refractivity contribution in [1.29, 1.82) is 0 Å². The highest BCUT2D eigenvalue weighted by atomic mass is 35.5. The molecule has 0 atom stereocenters. The molecule has 4 rings (SSSR count). The third-order valence-electron chi connectivity index (χ3n) is 6.42. The summed E-state index contributed by atoms with van der Waals surface area (Å²) in [6, 6.07) is 11.5. The van der Waals surface area contributed by atoms with E-state index in [1.807, 2.05) is 43.0 Å². The average molecular weight is 498 g/mol. The quantitative estimate of drug-likeness (QED) is 0.565. The van der Waals surface area contributed by atoms with Crippen LogP contribution in [-0.4, -0.2) is 64.6 Å². The number of nitrogens with zero attached hydrogens (tertiary/aromatic N) is 4. The third kappa shape index (κ3) is 5.71. The van der Waals surface area contributed by atoms with Gasteiger partial charge in [-0.2, -0.15) is 5.10 Å². The lowest BCUT2D eigenvalue weighted by molar-refractivity contribution is -0.120. The molecule has 0 unspecified atom stereocenters. The smallest absolute Gasteiger partial charge is 0.253 e. The first-order chi connectivity index (χ1) is 16.7. The molecule has 1 aromatic heterocycles. The van der Waals surface area contributed by atoms with Crippen molar-refractivity contribution in [3.63, 3.8) is 0 Å². The number of nitrogens with one attached hydrogen (secondary N) is 1. The normalized spacial score (nSPS) is 14.3. The Hall–Kier alpha value is -3.23. The summed E-state index contributed by atoms with van der Waals surface area (Å²) >= 11 is 6.04. The summed E-state index contributed by atoms with van der Waals surface area (Å²) in [6.45, 7) is 7.22. The van der Waals surface area contributed by atoms with E-state index in [1.54, 1.807) is 10.7 Å². The molecule has 1 aliphatic rings. The second-order valence-electron chi connectivity index (χ2n) is 8.89. The van der Waals surface area contributed by atoms with Crippen LogP contribution in [0.1, 0.15) is 32.9 Å². The number of likely N-dealkylation sites (N-methyl/N-ethyl adjacent to an activating group) is 1. The maximum absolute atomic E-state index is 13.2. The van der Waals surface area contributed by atoms with Crippen molar-refractivity contribution < 1.29 is 14.0 Å². The van der Waals surface area contributed by atoms with Crippen LogP contribution < -0.4 is 5.32 Å². The van der Waals surface area contributed by atoms with E-state index in [-0.39, 0.29) is 29.8 Å². The van der Waals surface area contributed by atoms with Gasteiger partial charge in [-0.3, -0.25) is 9.59 Å². The molecule has 0 saturated carbocycles. The van der Waals surface area contributed by atoms with Gasteiger partial charge in [0, 0.05) is 54.6 Å². The Balaban J connectivity index is 1.42. The molecule has 0 bridgehead atoms. The van der Waals surface area contributed by atoms with E-state index < -0.39 is 5.82 Å². The van der Waals surface area contributed by atoms with Crippen LogP contribution in [0.15, 0.2) is 42.5 Å². The minimum Gasteiger partial charge on any atom is -0.352 e. The van der Waals surface area contributed by atoms with Crippen molar-refractivity contribution in [1.82, 2.24) is 24.9 Å². The van der Waals surface area contributed by atoms with E-state index >= 15 is 0 Å². The molecule has 3 aromatic rings. The number of carbonyl (C=O) groups is 2. The molecular formula is C26H29ClFN5O2. The minimum absolute atomic E-state index is 0.0386. The van der Waals surface area contributed by atoms with Crippen LogP contribution >= 0.6 is 11.6 Å².